The summed E-state index contributed by atoms with van der Waals surface area (Å²) in [5, 5.41) is 11.8. The number of hydrogen-bond donors (Lipinski definition) is 2. The van der Waals surface area contributed by atoms with Crippen LogP contribution >= 0.6 is 11.8 Å². The van der Waals surface area contributed by atoms with Crippen molar-refractivity contribution in [1.82, 2.24) is 20.1 Å². The summed E-state index contributed by atoms with van der Waals surface area (Å²) in [5.41, 5.74) is 9.44. The van der Waals surface area contributed by atoms with Crippen molar-refractivity contribution in [3.63, 3.8) is 0 Å². The molecule has 0 spiro atoms. The Kier molecular flexibility index (Phi) is 6.66. The fraction of sp³-hybridized carbons (Fsp3) is 0.238. The van der Waals surface area contributed by atoms with Gasteiger partial charge in [-0.3, -0.25) is 14.2 Å². The van der Waals surface area contributed by atoms with Crippen molar-refractivity contribution < 1.29 is 9.59 Å². The third kappa shape index (κ3) is 5.45. The molecule has 1 aromatic heterocycles. The highest BCUT2D eigenvalue weighted by atomic mass is 32.2. The topological polar surface area (TPSA) is 103 Å². The lowest BCUT2D eigenvalue weighted by Gasteiger charge is -2.13. The van der Waals surface area contributed by atoms with Crippen molar-refractivity contribution in [1.29, 1.82) is 0 Å². The Bertz CT molecular complexity index is 1020. The predicted molar refractivity (Wildman–Crippen MR) is 113 cm³/mol. The highest BCUT2D eigenvalue weighted by molar-refractivity contribution is 7.99. The molecule has 0 aliphatic rings. The summed E-state index contributed by atoms with van der Waals surface area (Å²) in [4.78, 5) is 22.8. The van der Waals surface area contributed by atoms with Gasteiger partial charge in [0.15, 0.2) is 5.16 Å². The second kappa shape index (κ2) is 9.38. The van der Waals surface area contributed by atoms with Crippen molar-refractivity contribution >= 4 is 23.6 Å². The lowest BCUT2D eigenvalue weighted by molar-refractivity contribution is -0.123. The quantitative estimate of drug-likeness (QED) is 0.555. The van der Waals surface area contributed by atoms with Crippen molar-refractivity contribution in [2.45, 2.75) is 25.4 Å². The van der Waals surface area contributed by atoms with Gasteiger partial charge in [0, 0.05) is 6.42 Å². The maximum absolute atomic E-state index is 12.0. The smallest absolute Gasteiger partial charge is 0.236 e. The molecule has 7 nitrogen and oxygen atoms in total. The van der Waals surface area contributed by atoms with E-state index in [0.717, 1.165) is 22.6 Å². The summed E-state index contributed by atoms with van der Waals surface area (Å²) in [6, 6.07) is 16.2. The van der Waals surface area contributed by atoms with Gasteiger partial charge in [0.25, 0.3) is 0 Å². The lowest BCUT2D eigenvalue weighted by Crippen LogP contribution is -2.34. The first-order chi connectivity index (χ1) is 13.9. The summed E-state index contributed by atoms with van der Waals surface area (Å²) in [6.07, 6.45) is 0.621. The van der Waals surface area contributed by atoms with Crippen molar-refractivity contribution in [3.05, 3.63) is 71.0 Å². The number of nitrogens with zero attached hydrogens (tertiary/aromatic N) is 3. The van der Waals surface area contributed by atoms with Crippen LogP contribution in [-0.2, 0) is 16.0 Å². The van der Waals surface area contributed by atoms with E-state index in [2.05, 4.69) is 21.6 Å². The summed E-state index contributed by atoms with van der Waals surface area (Å²) in [6.45, 7) is 3.91. The minimum atomic E-state index is -0.577. The number of amides is 2. The number of thioether (sulfide) groups is 1. The number of nitrogens with one attached hydrogen (secondary N) is 1. The molecule has 150 valence electrons. The molecular weight excluding hydrogens is 386 g/mol. The summed E-state index contributed by atoms with van der Waals surface area (Å²) in [7, 11) is 0. The predicted octanol–water partition coefficient (Wildman–Crippen LogP) is 2.17. The molecule has 0 atom stereocenters. The van der Waals surface area contributed by atoms with E-state index in [0.29, 0.717) is 11.6 Å². The van der Waals surface area contributed by atoms with Crippen LogP contribution in [0.3, 0.4) is 0 Å². The van der Waals surface area contributed by atoms with Crippen LogP contribution in [0.4, 0.5) is 0 Å². The number of carbonyl (C=O) groups is 2. The molecule has 0 bridgehead atoms. The molecule has 8 heteroatoms. The molecule has 3 N–H and O–H groups in total. The molecular formula is C21H23N5O2S. The van der Waals surface area contributed by atoms with E-state index in [1.165, 1.54) is 17.3 Å². The minimum Gasteiger partial charge on any atom is -0.368 e. The van der Waals surface area contributed by atoms with Crippen LogP contribution in [0.2, 0.25) is 0 Å². The molecule has 2 aromatic carbocycles. The molecule has 0 saturated heterocycles. The molecule has 0 radical (unpaired) electrons. The first-order valence-corrected chi connectivity index (χ1v) is 10.2. The van der Waals surface area contributed by atoms with E-state index in [4.69, 9.17) is 5.73 Å². The molecule has 3 aromatic rings. The second-order valence-corrected chi connectivity index (χ2v) is 7.66. The van der Waals surface area contributed by atoms with Crippen molar-refractivity contribution in [2.24, 2.45) is 5.73 Å². The van der Waals surface area contributed by atoms with Gasteiger partial charge in [-0.05, 0) is 31.0 Å². The Labute approximate surface area is 173 Å². The van der Waals surface area contributed by atoms with E-state index in [-0.39, 0.29) is 18.2 Å². The lowest BCUT2D eigenvalue weighted by atomic mass is 10.1. The van der Waals surface area contributed by atoms with Gasteiger partial charge in [0.2, 0.25) is 11.8 Å². The van der Waals surface area contributed by atoms with E-state index in [1.54, 1.807) is 0 Å². The SMILES string of the molecule is Cc1ccc(-n2c(Cc3ccccc3)nnc2SCC(=O)NCC(N)=O)c(C)c1. The zero-order valence-corrected chi connectivity index (χ0v) is 17.2. The molecule has 0 fully saturated rings. The third-order valence-corrected chi connectivity index (χ3v) is 5.22. The number of carbonyl (C=O) groups excluding carboxylic acids is 2. The minimum absolute atomic E-state index is 0.113. The molecule has 0 aliphatic carbocycles. The molecule has 2 amide bonds. The molecule has 0 aliphatic heterocycles. The maximum atomic E-state index is 12.0. The summed E-state index contributed by atoms with van der Waals surface area (Å²) in [5.74, 6) is 0.0468. The largest absolute Gasteiger partial charge is 0.368 e. The average molecular weight is 410 g/mol. The van der Waals surface area contributed by atoms with Gasteiger partial charge >= 0.3 is 0 Å². The Hall–Kier alpha value is -3.13. The zero-order chi connectivity index (χ0) is 20.8. The van der Waals surface area contributed by atoms with Crippen LogP contribution in [0.1, 0.15) is 22.5 Å². The van der Waals surface area contributed by atoms with E-state index < -0.39 is 5.91 Å². The maximum Gasteiger partial charge on any atom is 0.236 e. The number of rotatable bonds is 8. The number of aryl methyl sites for hydroxylation is 2. The van der Waals surface area contributed by atoms with Crippen LogP contribution in [0, 0.1) is 13.8 Å². The van der Waals surface area contributed by atoms with Gasteiger partial charge in [-0.1, -0.05) is 59.8 Å². The zero-order valence-electron chi connectivity index (χ0n) is 16.4. The van der Waals surface area contributed by atoms with Crippen molar-refractivity contribution in [3.8, 4) is 5.69 Å². The highest BCUT2D eigenvalue weighted by Crippen LogP contribution is 2.26. The fourth-order valence-corrected chi connectivity index (χ4v) is 3.75. The Morgan fingerprint density at radius 3 is 2.55 bits per heavy atom. The monoisotopic (exact) mass is 409 g/mol. The highest BCUT2D eigenvalue weighted by Gasteiger charge is 2.17. The Morgan fingerprint density at radius 2 is 1.86 bits per heavy atom. The second-order valence-electron chi connectivity index (χ2n) is 6.72. The van der Waals surface area contributed by atoms with Crippen molar-refractivity contribution in [2.75, 3.05) is 12.3 Å². The van der Waals surface area contributed by atoms with Crippen LogP contribution in [0.15, 0.2) is 53.7 Å². The molecule has 29 heavy (non-hydrogen) atoms. The van der Waals surface area contributed by atoms with Gasteiger partial charge < -0.3 is 11.1 Å². The number of aromatic nitrogens is 3. The van der Waals surface area contributed by atoms with E-state index in [9.17, 15) is 9.59 Å². The van der Waals surface area contributed by atoms with Crippen LogP contribution in [-0.4, -0.2) is 38.9 Å². The molecule has 0 saturated carbocycles. The number of nitrogens with two attached hydrogens (primary N) is 1. The van der Waals surface area contributed by atoms with Gasteiger partial charge in [0.1, 0.15) is 5.82 Å². The fourth-order valence-electron chi connectivity index (χ4n) is 2.95. The van der Waals surface area contributed by atoms with Crippen LogP contribution in [0.5, 0.6) is 0 Å². The normalized spacial score (nSPS) is 10.7. The average Bonchev–Trinajstić information content (AvgIpc) is 3.08. The number of benzene rings is 2. The first kappa shape index (κ1) is 20.6. The van der Waals surface area contributed by atoms with Gasteiger partial charge in [-0.15, -0.1) is 10.2 Å². The van der Waals surface area contributed by atoms with E-state index >= 15 is 0 Å². The number of primary amides is 1. The summed E-state index contributed by atoms with van der Waals surface area (Å²) < 4.78 is 1.99. The third-order valence-electron chi connectivity index (χ3n) is 4.29. The molecule has 1 heterocycles. The Balaban J connectivity index is 1.89. The number of hydrogen-bond acceptors (Lipinski definition) is 5. The van der Waals surface area contributed by atoms with Gasteiger partial charge in [-0.2, -0.15) is 0 Å². The standard InChI is InChI=1S/C21H23N5O2S/c1-14-8-9-17(15(2)10-14)26-19(11-16-6-4-3-5-7-16)24-25-21(26)29-13-20(28)23-12-18(22)27/h3-10H,11-13H2,1-2H3,(H2,22,27)(H,23,28). The van der Waals surface area contributed by atoms with Gasteiger partial charge in [0.05, 0.1) is 18.0 Å². The molecule has 0 unspecified atom stereocenters. The van der Waals surface area contributed by atoms with E-state index in [1.807, 2.05) is 60.9 Å². The van der Waals surface area contributed by atoms with Crippen LogP contribution < -0.4 is 11.1 Å². The first-order valence-electron chi connectivity index (χ1n) is 9.17. The summed E-state index contributed by atoms with van der Waals surface area (Å²) >= 11 is 1.27. The van der Waals surface area contributed by atoms with Gasteiger partial charge in [-0.25, -0.2) is 0 Å². The van der Waals surface area contributed by atoms with Crippen LogP contribution in [0.25, 0.3) is 5.69 Å². The molecule has 3 rings (SSSR count). The Morgan fingerprint density at radius 1 is 1.10 bits per heavy atom.